The maximum atomic E-state index is 14.2. The van der Waals surface area contributed by atoms with E-state index in [9.17, 15) is 17.2 Å². The fourth-order valence-corrected chi connectivity index (χ4v) is 7.62. The largest absolute Gasteiger partial charge is 0.487 e. The van der Waals surface area contributed by atoms with E-state index < -0.39 is 26.9 Å². The Morgan fingerprint density at radius 3 is 2.56 bits per heavy atom. The minimum atomic E-state index is -3.49. The second-order valence-corrected chi connectivity index (χ2v) is 13.7. The van der Waals surface area contributed by atoms with E-state index in [-0.39, 0.29) is 37.8 Å². The summed E-state index contributed by atoms with van der Waals surface area (Å²) in [6.45, 7) is 2.82. The van der Waals surface area contributed by atoms with Gasteiger partial charge in [-0.15, -0.1) is 0 Å². The second-order valence-electron chi connectivity index (χ2n) is 11.5. The molecule has 11 nitrogen and oxygen atoms in total. The highest BCUT2D eigenvalue weighted by Gasteiger charge is 2.40. The van der Waals surface area contributed by atoms with Crippen molar-refractivity contribution in [3.05, 3.63) is 53.6 Å². The van der Waals surface area contributed by atoms with Crippen LogP contribution in [0.1, 0.15) is 49.7 Å². The lowest BCUT2D eigenvalue weighted by Crippen LogP contribution is -2.50. The van der Waals surface area contributed by atoms with Gasteiger partial charge in [-0.25, -0.2) is 31.8 Å². The van der Waals surface area contributed by atoms with Crippen LogP contribution in [0.3, 0.4) is 0 Å². The highest BCUT2D eigenvalue weighted by Crippen LogP contribution is 2.35. The Balaban J connectivity index is 1.16. The molecular formula is C29H34F2N6O5S. The third-order valence-corrected chi connectivity index (χ3v) is 10.7. The fraction of sp³-hybridized carbons (Fsp3) is 0.552. The van der Waals surface area contributed by atoms with Gasteiger partial charge in [-0.05, 0) is 31.4 Å². The molecule has 1 aromatic carbocycles. The van der Waals surface area contributed by atoms with Crippen molar-refractivity contribution in [3.63, 3.8) is 0 Å². The summed E-state index contributed by atoms with van der Waals surface area (Å²) < 4.78 is 74.1. The summed E-state index contributed by atoms with van der Waals surface area (Å²) >= 11 is 0. The minimum absolute atomic E-state index is 0.0411. The molecule has 0 N–H and O–H groups in total. The first-order valence-electron chi connectivity index (χ1n) is 14.8. The molecule has 3 aromatic rings. The van der Waals surface area contributed by atoms with E-state index in [0.717, 1.165) is 36.6 Å². The van der Waals surface area contributed by atoms with Crippen molar-refractivity contribution in [1.29, 1.82) is 0 Å². The predicted octanol–water partition coefficient (Wildman–Crippen LogP) is 3.45. The predicted molar refractivity (Wildman–Crippen MR) is 152 cm³/mol. The summed E-state index contributed by atoms with van der Waals surface area (Å²) in [5.74, 6) is -0.614. The van der Waals surface area contributed by atoms with E-state index in [1.54, 1.807) is 6.20 Å². The van der Waals surface area contributed by atoms with Crippen LogP contribution in [0.25, 0.3) is 11.3 Å². The molecule has 0 bridgehead atoms. The summed E-state index contributed by atoms with van der Waals surface area (Å²) in [5, 5.41) is 4.07. The molecule has 6 heterocycles. The molecule has 14 heteroatoms. The molecule has 4 aliphatic heterocycles. The van der Waals surface area contributed by atoms with Gasteiger partial charge in [0, 0.05) is 63.3 Å². The first kappa shape index (κ1) is 28.6. The van der Waals surface area contributed by atoms with Crippen molar-refractivity contribution in [2.75, 3.05) is 44.4 Å². The number of ether oxygens (including phenoxy) is 3. The molecule has 4 aliphatic rings. The monoisotopic (exact) mass is 616 g/mol. The van der Waals surface area contributed by atoms with Crippen LogP contribution < -0.4 is 9.64 Å². The third-order valence-electron chi connectivity index (χ3n) is 8.60. The number of aromatic nitrogens is 4. The Morgan fingerprint density at radius 1 is 1.00 bits per heavy atom. The van der Waals surface area contributed by atoms with Gasteiger partial charge in [0.25, 0.3) is 0 Å². The Morgan fingerprint density at radius 2 is 1.84 bits per heavy atom. The average Bonchev–Trinajstić information content (AvgIpc) is 3.48. The average molecular weight is 617 g/mol. The molecule has 7 rings (SSSR count). The summed E-state index contributed by atoms with van der Waals surface area (Å²) in [7, 11) is -3.49. The van der Waals surface area contributed by atoms with Crippen molar-refractivity contribution < 1.29 is 31.4 Å². The SMILES string of the molecule is O=S(=O)(C1COC1)N1CCc2nc(N3CCC(Oc4ccc(F)cc4F)CC3)c(-c3cnn(C4CCCCO4)c3)nc2C1. The van der Waals surface area contributed by atoms with Crippen LogP contribution in [0, 0.1) is 11.6 Å². The van der Waals surface area contributed by atoms with Crippen LogP contribution in [-0.2, 0) is 32.5 Å². The minimum Gasteiger partial charge on any atom is -0.487 e. The number of sulfonamides is 1. The molecule has 0 amide bonds. The van der Waals surface area contributed by atoms with Crippen molar-refractivity contribution >= 4 is 15.8 Å². The molecule has 2 aromatic heterocycles. The van der Waals surface area contributed by atoms with Crippen LogP contribution >= 0.6 is 0 Å². The van der Waals surface area contributed by atoms with E-state index in [1.807, 2.05) is 10.9 Å². The lowest BCUT2D eigenvalue weighted by molar-refractivity contribution is -0.0394. The van der Waals surface area contributed by atoms with Gasteiger partial charge in [0.2, 0.25) is 10.0 Å². The summed E-state index contributed by atoms with van der Waals surface area (Å²) in [6.07, 6.45) is 7.97. The summed E-state index contributed by atoms with van der Waals surface area (Å²) in [4.78, 5) is 12.3. The first-order chi connectivity index (χ1) is 20.8. The number of fused-ring (bicyclic) bond motifs is 1. The Kier molecular flexibility index (Phi) is 7.78. The molecule has 1 atom stereocenters. The fourth-order valence-electron chi connectivity index (χ4n) is 6.01. The van der Waals surface area contributed by atoms with Crippen molar-refractivity contribution in [1.82, 2.24) is 24.1 Å². The lowest BCUT2D eigenvalue weighted by Gasteiger charge is -2.36. The van der Waals surface area contributed by atoms with Gasteiger partial charge in [0.1, 0.15) is 29.1 Å². The third kappa shape index (κ3) is 5.73. The zero-order valence-corrected chi connectivity index (χ0v) is 24.5. The number of benzene rings is 1. The Labute approximate surface area is 248 Å². The van der Waals surface area contributed by atoms with Gasteiger partial charge in [-0.2, -0.15) is 9.40 Å². The van der Waals surface area contributed by atoms with E-state index >= 15 is 0 Å². The zero-order chi connectivity index (χ0) is 29.6. The number of nitrogens with zero attached hydrogens (tertiary/aromatic N) is 6. The number of rotatable bonds is 7. The molecule has 1 unspecified atom stereocenters. The Hall–Kier alpha value is -3.20. The first-order valence-corrected chi connectivity index (χ1v) is 16.3. The van der Waals surface area contributed by atoms with Gasteiger partial charge < -0.3 is 19.1 Å². The van der Waals surface area contributed by atoms with E-state index in [1.165, 1.54) is 16.4 Å². The van der Waals surface area contributed by atoms with Gasteiger partial charge in [-0.3, -0.25) is 0 Å². The maximum absolute atomic E-state index is 14.2. The van der Waals surface area contributed by atoms with Crippen molar-refractivity contribution in [3.8, 4) is 17.0 Å². The van der Waals surface area contributed by atoms with Crippen LogP contribution in [0.15, 0.2) is 30.6 Å². The highest BCUT2D eigenvalue weighted by molar-refractivity contribution is 7.89. The van der Waals surface area contributed by atoms with Crippen LogP contribution in [0.5, 0.6) is 5.75 Å². The van der Waals surface area contributed by atoms with Gasteiger partial charge >= 0.3 is 0 Å². The lowest BCUT2D eigenvalue weighted by atomic mass is 10.1. The highest BCUT2D eigenvalue weighted by atomic mass is 32.2. The Bertz CT molecular complexity index is 1590. The quantitative estimate of drug-likeness (QED) is 0.394. The number of halogens is 2. The summed E-state index contributed by atoms with van der Waals surface area (Å²) in [6, 6.07) is 3.33. The van der Waals surface area contributed by atoms with Gasteiger partial charge in [0.15, 0.2) is 17.4 Å². The zero-order valence-electron chi connectivity index (χ0n) is 23.7. The second kappa shape index (κ2) is 11.7. The van der Waals surface area contributed by atoms with E-state index in [2.05, 4.69) is 10.00 Å². The molecule has 0 aliphatic carbocycles. The van der Waals surface area contributed by atoms with Crippen molar-refractivity contribution in [2.45, 2.75) is 62.7 Å². The molecule has 3 fully saturated rings. The van der Waals surface area contributed by atoms with Crippen LogP contribution in [-0.4, -0.2) is 83.3 Å². The van der Waals surface area contributed by atoms with Crippen LogP contribution in [0.4, 0.5) is 14.6 Å². The number of anilines is 1. The van der Waals surface area contributed by atoms with Gasteiger partial charge in [0.05, 0.1) is 37.3 Å². The number of piperidine rings is 1. The smallest absolute Gasteiger partial charge is 0.221 e. The molecule has 3 saturated heterocycles. The number of hydrogen-bond acceptors (Lipinski definition) is 9. The summed E-state index contributed by atoms with van der Waals surface area (Å²) in [5.41, 5.74) is 2.83. The molecule has 0 spiro atoms. The number of hydrogen-bond donors (Lipinski definition) is 0. The van der Waals surface area contributed by atoms with E-state index in [0.29, 0.717) is 62.7 Å². The topological polar surface area (TPSA) is 112 Å². The standard InChI is InChI=1S/C29H34F2N6O5S/c30-20-4-5-26(23(31)13-20)42-21-6-9-35(10-7-21)29-28(19-14-32-37(15-19)27-3-1-2-12-41-27)33-25-16-36(11-8-24(25)34-29)43(38,39)22-17-40-18-22/h4-5,13-15,21-22,27H,1-3,6-12,16-18H2. The van der Waals surface area contributed by atoms with E-state index in [4.69, 9.17) is 24.2 Å². The maximum Gasteiger partial charge on any atom is 0.221 e. The normalized spacial score (nSPS) is 22.3. The molecule has 43 heavy (non-hydrogen) atoms. The molecule has 230 valence electrons. The van der Waals surface area contributed by atoms with Crippen molar-refractivity contribution in [2.24, 2.45) is 0 Å². The molecule has 0 radical (unpaired) electrons. The molecule has 0 saturated carbocycles. The van der Waals surface area contributed by atoms with Gasteiger partial charge in [-0.1, -0.05) is 0 Å². The van der Waals surface area contributed by atoms with Crippen LogP contribution in [0.2, 0.25) is 0 Å². The molecular weight excluding hydrogens is 582 g/mol.